The average Bonchev–Trinajstić information content (AvgIpc) is 2.47. The standard InChI is InChI=1S/C13H11ClN4O2/c14-11-6-9(3-4-10(11)12(15)18-20)17-13(19)8-2-1-5-16-7-8/h1-7,20H,(H2,15,18)(H,17,19). The summed E-state index contributed by atoms with van der Waals surface area (Å²) in [6, 6.07) is 7.99. The van der Waals surface area contributed by atoms with Crippen molar-refractivity contribution in [1.82, 2.24) is 4.98 Å². The molecular formula is C13H11ClN4O2. The Morgan fingerprint density at radius 2 is 2.20 bits per heavy atom. The molecule has 1 amide bonds. The van der Waals surface area contributed by atoms with E-state index in [4.69, 9.17) is 22.5 Å². The highest BCUT2D eigenvalue weighted by Gasteiger charge is 2.09. The third-order valence-electron chi connectivity index (χ3n) is 2.53. The van der Waals surface area contributed by atoms with Crippen molar-refractivity contribution < 1.29 is 10.0 Å². The zero-order chi connectivity index (χ0) is 14.5. The maximum atomic E-state index is 11.9. The second kappa shape index (κ2) is 6.03. The smallest absolute Gasteiger partial charge is 0.257 e. The van der Waals surface area contributed by atoms with Gasteiger partial charge in [-0.2, -0.15) is 0 Å². The molecule has 0 aliphatic heterocycles. The first kappa shape index (κ1) is 13.8. The lowest BCUT2D eigenvalue weighted by atomic mass is 10.2. The minimum atomic E-state index is -0.300. The van der Waals surface area contributed by atoms with Crippen LogP contribution in [-0.2, 0) is 0 Å². The van der Waals surface area contributed by atoms with Crippen molar-refractivity contribution in [2.24, 2.45) is 10.9 Å². The largest absolute Gasteiger partial charge is 0.409 e. The number of anilines is 1. The summed E-state index contributed by atoms with van der Waals surface area (Å²) in [6.07, 6.45) is 3.04. The third-order valence-corrected chi connectivity index (χ3v) is 2.85. The van der Waals surface area contributed by atoms with Gasteiger partial charge in [-0.05, 0) is 30.3 Å². The van der Waals surface area contributed by atoms with Crippen LogP contribution in [0.4, 0.5) is 5.69 Å². The van der Waals surface area contributed by atoms with E-state index in [9.17, 15) is 4.79 Å². The van der Waals surface area contributed by atoms with Gasteiger partial charge >= 0.3 is 0 Å². The van der Waals surface area contributed by atoms with Crippen molar-refractivity contribution in [1.29, 1.82) is 0 Å². The van der Waals surface area contributed by atoms with Gasteiger partial charge < -0.3 is 16.3 Å². The number of nitrogens with one attached hydrogen (secondary N) is 1. The molecule has 0 aliphatic rings. The second-order valence-electron chi connectivity index (χ2n) is 3.88. The van der Waals surface area contributed by atoms with Gasteiger partial charge in [0.05, 0.1) is 10.6 Å². The molecule has 102 valence electrons. The Labute approximate surface area is 119 Å². The van der Waals surface area contributed by atoms with E-state index in [1.807, 2.05) is 0 Å². The van der Waals surface area contributed by atoms with Crippen molar-refractivity contribution >= 4 is 29.0 Å². The molecule has 7 heteroatoms. The number of hydrogen-bond acceptors (Lipinski definition) is 4. The van der Waals surface area contributed by atoms with E-state index in [2.05, 4.69) is 15.5 Å². The molecule has 0 radical (unpaired) electrons. The molecule has 0 aliphatic carbocycles. The number of amidine groups is 1. The zero-order valence-corrected chi connectivity index (χ0v) is 11.0. The number of halogens is 1. The van der Waals surface area contributed by atoms with Crippen molar-refractivity contribution in [2.45, 2.75) is 0 Å². The van der Waals surface area contributed by atoms with Crippen molar-refractivity contribution in [3.05, 3.63) is 58.9 Å². The molecule has 0 saturated carbocycles. The molecular weight excluding hydrogens is 280 g/mol. The minimum Gasteiger partial charge on any atom is -0.409 e. The van der Waals surface area contributed by atoms with E-state index in [1.165, 1.54) is 12.3 Å². The number of hydrogen-bond donors (Lipinski definition) is 3. The Bertz CT molecular complexity index is 659. The van der Waals surface area contributed by atoms with Crippen LogP contribution in [0, 0.1) is 0 Å². The van der Waals surface area contributed by atoms with Crippen LogP contribution in [0.15, 0.2) is 47.9 Å². The van der Waals surface area contributed by atoms with Gasteiger partial charge in [-0.3, -0.25) is 9.78 Å². The highest BCUT2D eigenvalue weighted by atomic mass is 35.5. The fraction of sp³-hybridized carbons (Fsp3) is 0. The fourth-order valence-electron chi connectivity index (χ4n) is 1.55. The van der Waals surface area contributed by atoms with Crippen LogP contribution in [0.1, 0.15) is 15.9 Å². The summed E-state index contributed by atoms with van der Waals surface area (Å²) in [5.41, 5.74) is 6.77. The molecule has 4 N–H and O–H groups in total. The lowest BCUT2D eigenvalue weighted by Crippen LogP contribution is -2.15. The van der Waals surface area contributed by atoms with Gasteiger partial charge in [0.25, 0.3) is 5.91 Å². The van der Waals surface area contributed by atoms with E-state index in [1.54, 1.807) is 30.5 Å². The van der Waals surface area contributed by atoms with Crippen molar-refractivity contribution in [3.63, 3.8) is 0 Å². The lowest BCUT2D eigenvalue weighted by molar-refractivity contribution is 0.102. The van der Waals surface area contributed by atoms with E-state index >= 15 is 0 Å². The monoisotopic (exact) mass is 290 g/mol. The van der Waals surface area contributed by atoms with Crippen LogP contribution in [0.5, 0.6) is 0 Å². The predicted molar refractivity (Wildman–Crippen MR) is 76.2 cm³/mol. The zero-order valence-electron chi connectivity index (χ0n) is 10.2. The second-order valence-corrected chi connectivity index (χ2v) is 4.28. The first-order chi connectivity index (χ1) is 9.61. The summed E-state index contributed by atoms with van der Waals surface area (Å²) < 4.78 is 0. The highest BCUT2D eigenvalue weighted by molar-refractivity contribution is 6.34. The summed E-state index contributed by atoms with van der Waals surface area (Å²) in [6.45, 7) is 0. The Kier molecular flexibility index (Phi) is 4.17. The Morgan fingerprint density at radius 1 is 1.40 bits per heavy atom. The van der Waals surface area contributed by atoms with Crippen LogP contribution in [-0.4, -0.2) is 21.9 Å². The number of aromatic nitrogens is 1. The van der Waals surface area contributed by atoms with Gasteiger partial charge in [-0.25, -0.2) is 0 Å². The van der Waals surface area contributed by atoms with Crippen molar-refractivity contribution in [2.75, 3.05) is 5.32 Å². The van der Waals surface area contributed by atoms with Gasteiger partial charge in [0.2, 0.25) is 0 Å². The predicted octanol–water partition coefficient (Wildman–Crippen LogP) is 2.08. The molecule has 6 nitrogen and oxygen atoms in total. The quantitative estimate of drug-likeness (QED) is 0.349. The summed E-state index contributed by atoms with van der Waals surface area (Å²) in [5.74, 6) is -0.397. The van der Waals surface area contributed by atoms with Gasteiger partial charge in [-0.15, -0.1) is 0 Å². The van der Waals surface area contributed by atoms with E-state index in [0.717, 1.165) is 0 Å². The summed E-state index contributed by atoms with van der Waals surface area (Å²) in [7, 11) is 0. The van der Waals surface area contributed by atoms with E-state index < -0.39 is 0 Å². The lowest BCUT2D eigenvalue weighted by Gasteiger charge is -2.07. The number of carbonyl (C=O) groups excluding carboxylic acids is 1. The summed E-state index contributed by atoms with van der Waals surface area (Å²) in [4.78, 5) is 15.8. The number of pyridine rings is 1. The number of benzene rings is 1. The number of carbonyl (C=O) groups is 1. The SMILES string of the molecule is N/C(=N\O)c1ccc(NC(=O)c2cccnc2)cc1Cl. The Morgan fingerprint density at radius 3 is 2.80 bits per heavy atom. The number of rotatable bonds is 3. The summed E-state index contributed by atoms with van der Waals surface area (Å²) in [5, 5.41) is 14.4. The average molecular weight is 291 g/mol. The van der Waals surface area contributed by atoms with Gasteiger partial charge in [-0.1, -0.05) is 16.8 Å². The number of nitrogens with two attached hydrogens (primary N) is 1. The van der Waals surface area contributed by atoms with E-state index in [0.29, 0.717) is 16.8 Å². The number of amides is 1. The minimum absolute atomic E-state index is 0.0971. The number of oxime groups is 1. The molecule has 0 fully saturated rings. The van der Waals surface area contributed by atoms with Crippen LogP contribution in [0.3, 0.4) is 0 Å². The fourth-order valence-corrected chi connectivity index (χ4v) is 1.83. The Balaban J connectivity index is 2.19. The molecule has 2 aromatic rings. The molecule has 1 heterocycles. The van der Waals surface area contributed by atoms with E-state index in [-0.39, 0.29) is 16.8 Å². The molecule has 2 rings (SSSR count). The maximum Gasteiger partial charge on any atom is 0.257 e. The maximum absolute atomic E-state index is 11.9. The van der Waals surface area contributed by atoms with Crippen LogP contribution in [0.2, 0.25) is 5.02 Å². The molecule has 1 aromatic carbocycles. The first-order valence-electron chi connectivity index (χ1n) is 5.60. The molecule has 0 atom stereocenters. The van der Waals surface area contributed by atoms with Gasteiger partial charge in [0.1, 0.15) is 0 Å². The van der Waals surface area contributed by atoms with Crippen LogP contribution >= 0.6 is 11.6 Å². The van der Waals surface area contributed by atoms with Gasteiger partial charge in [0, 0.05) is 23.6 Å². The topological polar surface area (TPSA) is 101 Å². The molecule has 1 aromatic heterocycles. The third kappa shape index (κ3) is 3.04. The molecule has 0 spiro atoms. The van der Waals surface area contributed by atoms with Gasteiger partial charge in [0.15, 0.2) is 5.84 Å². The normalized spacial score (nSPS) is 11.2. The Hall–Kier alpha value is -2.60. The van der Waals surface area contributed by atoms with Crippen LogP contribution < -0.4 is 11.1 Å². The highest BCUT2D eigenvalue weighted by Crippen LogP contribution is 2.21. The molecule has 0 unspecified atom stereocenters. The van der Waals surface area contributed by atoms with Crippen LogP contribution in [0.25, 0.3) is 0 Å². The first-order valence-corrected chi connectivity index (χ1v) is 5.98. The van der Waals surface area contributed by atoms with Crippen molar-refractivity contribution in [3.8, 4) is 0 Å². The number of nitrogens with zero attached hydrogens (tertiary/aromatic N) is 2. The molecule has 0 saturated heterocycles. The molecule has 0 bridgehead atoms. The summed E-state index contributed by atoms with van der Waals surface area (Å²) >= 11 is 6.00. The molecule has 20 heavy (non-hydrogen) atoms.